The summed E-state index contributed by atoms with van der Waals surface area (Å²) in [5, 5.41) is 0. The number of benzene rings is 1. The van der Waals surface area contributed by atoms with Gasteiger partial charge in [-0.3, -0.25) is 0 Å². The monoisotopic (exact) mass is 265 g/mol. The molecule has 0 amide bonds. The van der Waals surface area contributed by atoms with Crippen molar-refractivity contribution in [3.05, 3.63) is 30.1 Å². The Kier molecular flexibility index (Phi) is 3.35. The molecule has 0 unspecified atom stereocenters. The maximum Gasteiger partial charge on any atom is 0.123 e. The molecule has 0 saturated carbocycles. The number of rotatable bonds is 2. The first-order valence-electron chi connectivity index (χ1n) is 3.72. The average molecular weight is 266 g/mol. The summed E-state index contributed by atoms with van der Waals surface area (Å²) in [4.78, 5) is 18.5. The van der Waals surface area contributed by atoms with Gasteiger partial charge in [-0.15, -0.1) is 0 Å². The van der Waals surface area contributed by atoms with Gasteiger partial charge in [0, 0.05) is 26.8 Å². The van der Waals surface area contributed by atoms with Gasteiger partial charge in [-0.2, -0.15) is 0 Å². The largest absolute Gasteiger partial charge is 0.439 e. The van der Waals surface area contributed by atoms with Crippen molar-refractivity contribution in [2.24, 2.45) is 0 Å². The minimum absolute atomic E-state index is 0. The van der Waals surface area contributed by atoms with Crippen LogP contribution in [0.5, 0.6) is 0 Å². The van der Waals surface area contributed by atoms with Crippen LogP contribution in [0.15, 0.2) is 24.3 Å². The second-order valence-corrected chi connectivity index (χ2v) is 2.50. The molecule has 0 aliphatic heterocycles. The number of carbonyl (C=O) groups is 1. The summed E-state index contributed by atoms with van der Waals surface area (Å²) in [5.74, 6) is 0.603. The molecule has 0 radical (unpaired) electrons. The van der Waals surface area contributed by atoms with E-state index in [1.807, 2.05) is 24.3 Å². The van der Waals surface area contributed by atoms with Crippen molar-refractivity contribution in [2.45, 2.75) is 6.42 Å². The van der Waals surface area contributed by atoms with Crippen LogP contribution in [0.25, 0.3) is 11.0 Å². The van der Waals surface area contributed by atoms with E-state index < -0.39 is 0 Å². The van der Waals surface area contributed by atoms with Gasteiger partial charge in [0.25, 0.3) is 0 Å². The van der Waals surface area contributed by atoms with E-state index in [4.69, 9.17) is 0 Å². The Morgan fingerprint density at radius 2 is 2.15 bits per heavy atom. The zero-order valence-electron chi connectivity index (χ0n) is 6.71. The minimum atomic E-state index is 0. The summed E-state index contributed by atoms with van der Waals surface area (Å²) in [6.07, 6.45) is 1.11. The predicted octanol–water partition coefficient (Wildman–Crippen LogP) is 0.931. The maximum absolute atomic E-state index is 10.2. The van der Waals surface area contributed by atoms with E-state index in [0.29, 0.717) is 12.2 Å². The fourth-order valence-electron chi connectivity index (χ4n) is 1.12. The van der Waals surface area contributed by atoms with Gasteiger partial charge in [-0.05, 0) is 11.0 Å². The van der Waals surface area contributed by atoms with Gasteiger partial charge in [0.2, 0.25) is 0 Å². The topological polar surface area (TPSA) is 44.1 Å². The second kappa shape index (κ2) is 4.31. The number of aromatic nitrogens is 2. The van der Waals surface area contributed by atoms with Crippen molar-refractivity contribution in [1.82, 2.24) is 9.97 Å². The van der Waals surface area contributed by atoms with E-state index in [0.717, 1.165) is 17.3 Å². The van der Waals surface area contributed by atoms with Crippen LogP contribution in [0, 0.1) is 0 Å². The molecule has 0 aliphatic carbocycles. The molecule has 0 atom stereocenters. The van der Waals surface area contributed by atoms with E-state index in [1.165, 1.54) is 0 Å². The van der Waals surface area contributed by atoms with Crippen LogP contribution in [-0.2, 0) is 31.6 Å². The van der Waals surface area contributed by atoms with Crippen LogP contribution < -0.4 is 4.98 Å². The quantitative estimate of drug-likeness (QED) is 0.599. The first kappa shape index (κ1) is 10.1. The van der Waals surface area contributed by atoms with Crippen molar-refractivity contribution >= 4 is 17.3 Å². The number of hydrogen-bond donors (Lipinski definition) is 0. The van der Waals surface area contributed by atoms with Crippen LogP contribution in [0.1, 0.15) is 5.82 Å². The molecule has 1 aromatic carbocycles. The summed E-state index contributed by atoms with van der Waals surface area (Å²) in [6, 6.07) is 7.58. The Balaban J connectivity index is 0.000000845. The number of imidazole rings is 1. The summed E-state index contributed by atoms with van der Waals surface area (Å²) in [7, 11) is 0. The molecule has 1 aromatic heterocycles. The van der Waals surface area contributed by atoms with Gasteiger partial charge in [0.15, 0.2) is 0 Å². The maximum atomic E-state index is 10.2. The Hall–Kier alpha value is -0.978. The number of aldehydes is 1. The van der Waals surface area contributed by atoms with Crippen LogP contribution in [0.3, 0.4) is 0 Å². The van der Waals surface area contributed by atoms with Gasteiger partial charge < -0.3 is 14.8 Å². The summed E-state index contributed by atoms with van der Waals surface area (Å²) < 4.78 is 0. The molecule has 1 heterocycles. The molecule has 3 nitrogen and oxygen atoms in total. The Labute approximate surface area is 89.2 Å². The number of para-hydroxylation sites is 2. The SMILES string of the molecule is O=CCc1nc2ccccc2[n-]1.[Pd]. The van der Waals surface area contributed by atoms with Crippen molar-refractivity contribution in [3.8, 4) is 0 Å². The Morgan fingerprint density at radius 1 is 1.38 bits per heavy atom. The van der Waals surface area contributed by atoms with E-state index in [9.17, 15) is 4.79 Å². The molecule has 0 saturated heterocycles. The van der Waals surface area contributed by atoms with Crippen LogP contribution in [0.4, 0.5) is 0 Å². The van der Waals surface area contributed by atoms with Gasteiger partial charge in [-0.25, -0.2) is 0 Å². The third-order valence-corrected chi connectivity index (χ3v) is 1.65. The molecule has 13 heavy (non-hydrogen) atoms. The molecule has 0 spiro atoms. The predicted molar refractivity (Wildman–Crippen MR) is 44.8 cm³/mol. The number of fused-ring (bicyclic) bond motifs is 1. The standard InChI is InChI=1S/C9H7N2O.Pd/c12-6-5-9-10-7-3-1-2-4-8(7)11-9;/h1-4,6H,5H2;/q-1;. The Bertz CT molecular complexity index is 378. The number of carbonyl (C=O) groups excluding carboxylic acids is 1. The molecule has 2 rings (SSSR count). The van der Waals surface area contributed by atoms with E-state index in [-0.39, 0.29) is 20.4 Å². The second-order valence-electron chi connectivity index (χ2n) is 2.50. The van der Waals surface area contributed by atoms with Gasteiger partial charge in [0.1, 0.15) is 6.29 Å². The normalized spacial score (nSPS) is 9.54. The summed E-state index contributed by atoms with van der Waals surface area (Å²) in [5.41, 5.74) is 1.71. The summed E-state index contributed by atoms with van der Waals surface area (Å²) >= 11 is 0. The van der Waals surface area contributed by atoms with Gasteiger partial charge in [0.05, 0.1) is 0 Å². The molecular weight excluding hydrogens is 259 g/mol. The van der Waals surface area contributed by atoms with Crippen LogP contribution in [0.2, 0.25) is 0 Å². The first-order chi connectivity index (χ1) is 5.90. The van der Waals surface area contributed by atoms with Crippen molar-refractivity contribution in [1.29, 1.82) is 0 Å². The van der Waals surface area contributed by atoms with Crippen LogP contribution >= 0.6 is 0 Å². The number of hydrogen-bond acceptors (Lipinski definition) is 2. The van der Waals surface area contributed by atoms with Crippen LogP contribution in [-0.4, -0.2) is 11.3 Å². The van der Waals surface area contributed by atoms with E-state index >= 15 is 0 Å². The molecule has 2 aromatic rings. The molecule has 0 N–H and O–H groups in total. The van der Waals surface area contributed by atoms with Crippen molar-refractivity contribution < 1.29 is 25.2 Å². The van der Waals surface area contributed by atoms with E-state index in [2.05, 4.69) is 9.97 Å². The Morgan fingerprint density at radius 3 is 2.85 bits per heavy atom. The molecule has 0 aliphatic rings. The fourth-order valence-corrected chi connectivity index (χ4v) is 1.12. The third-order valence-electron chi connectivity index (χ3n) is 1.65. The van der Waals surface area contributed by atoms with Gasteiger partial charge in [-0.1, -0.05) is 30.1 Å². The zero-order valence-corrected chi connectivity index (χ0v) is 8.27. The molecule has 4 heteroatoms. The molecule has 70 valence electrons. The minimum Gasteiger partial charge on any atom is -0.439 e. The number of nitrogens with zero attached hydrogens (tertiary/aromatic N) is 2. The van der Waals surface area contributed by atoms with Gasteiger partial charge >= 0.3 is 0 Å². The van der Waals surface area contributed by atoms with E-state index in [1.54, 1.807) is 0 Å². The molecular formula is C9H7N2OPd-. The summed E-state index contributed by atoms with van der Waals surface area (Å²) in [6.45, 7) is 0. The fraction of sp³-hybridized carbons (Fsp3) is 0.111. The first-order valence-corrected chi connectivity index (χ1v) is 3.72. The molecule has 0 bridgehead atoms. The average Bonchev–Trinajstić information content (AvgIpc) is 2.47. The smallest absolute Gasteiger partial charge is 0.123 e. The third kappa shape index (κ3) is 2.03. The van der Waals surface area contributed by atoms with Crippen molar-refractivity contribution in [3.63, 3.8) is 0 Å². The zero-order chi connectivity index (χ0) is 8.39. The van der Waals surface area contributed by atoms with Crippen molar-refractivity contribution in [2.75, 3.05) is 0 Å². The molecule has 0 fully saturated rings.